The van der Waals surface area contributed by atoms with Crippen LogP contribution in [0.5, 0.6) is 0 Å². The molecule has 0 saturated carbocycles. The summed E-state index contributed by atoms with van der Waals surface area (Å²) >= 11 is 0. The van der Waals surface area contributed by atoms with Crippen LogP contribution in [-0.2, 0) is 15.6 Å². The minimum absolute atomic E-state index is 0.563. The van der Waals surface area contributed by atoms with Gasteiger partial charge in [0.25, 0.3) is 0 Å². The monoisotopic (exact) mass is 210 g/mol. The van der Waals surface area contributed by atoms with Gasteiger partial charge >= 0.3 is 11.2 Å². The van der Waals surface area contributed by atoms with Crippen molar-refractivity contribution < 1.29 is 22.9 Å². The minimum Gasteiger partial charge on any atom is -0.476 e. The molecule has 0 spiro atoms. The summed E-state index contributed by atoms with van der Waals surface area (Å²) in [6, 6.07) is 0. The van der Waals surface area contributed by atoms with Crippen molar-refractivity contribution in [3.63, 3.8) is 0 Å². The zero-order valence-electron chi connectivity index (χ0n) is 6.03. The lowest BCUT2D eigenvalue weighted by Gasteiger charge is -2.07. The van der Waals surface area contributed by atoms with Gasteiger partial charge in [-0.2, -0.15) is 8.78 Å². The molecule has 5 nitrogen and oxygen atoms in total. The molecule has 72 valence electrons. The van der Waals surface area contributed by atoms with E-state index in [1.165, 1.54) is 6.20 Å². The van der Waals surface area contributed by atoms with Gasteiger partial charge in [-0.25, -0.2) is 14.0 Å². The smallest absolute Gasteiger partial charge is 0.422 e. The average Bonchev–Trinajstić information content (AvgIpc) is 2.54. The van der Waals surface area contributed by atoms with Gasteiger partial charge in [0.15, 0.2) is 10.8 Å². The highest BCUT2D eigenvalue weighted by Gasteiger charge is 2.48. The summed E-state index contributed by atoms with van der Waals surface area (Å²) in [6.45, 7) is 0. The maximum Gasteiger partial charge on any atom is 0.422 e. The average molecular weight is 210 g/mol. The van der Waals surface area contributed by atoms with Crippen LogP contribution >= 0.6 is 0 Å². The molecule has 0 aliphatic rings. The Labute approximate surface area is 73.3 Å². The van der Waals surface area contributed by atoms with E-state index in [-0.39, 0.29) is 0 Å². The molecule has 0 aliphatic carbocycles. The van der Waals surface area contributed by atoms with Crippen LogP contribution in [-0.4, -0.2) is 30.5 Å². The molecule has 1 aromatic heterocycles. The normalized spacial score (nSPS) is 14.0. The maximum atomic E-state index is 12.5. The molecule has 1 atom stereocenters. The number of aliphatic carboxylic acids is 1. The second-order valence-electron chi connectivity index (χ2n) is 1.98. The molecule has 1 rings (SSSR count). The van der Waals surface area contributed by atoms with Gasteiger partial charge in [0.05, 0.1) is 0 Å². The van der Waals surface area contributed by atoms with Crippen molar-refractivity contribution in [3.8, 4) is 0 Å². The lowest BCUT2D eigenvalue weighted by molar-refractivity contribution is -0.153. The van der Waals surface area contributed by atoms with Gasteiger partial charge in [-0.15, -0.1) is 0 Å². The van der Waals surface area contributed by atoms with Gasteiger partial charge in [-0.3, -0.25) is 0 Å². The van der Waals surface area contributed by atoms with E-state index in [4.69, 9.17) is 5.11 Å². The molecular formula is C5H4F2N2O3S. The number of halogens is 2. The van der Waals surface area contributed by atoms with E-state index in [0.29, 0.717) is 0 Å². The molecule has 8 heteroatoms. The first-order chi connectivity index (χ1) is 5.96. The van der Waals surface area contributed by atoms with E-state index in [0.717, 1.165) is 6.20 Å². The first kappa shape index (κ1) is 9.78. The number of H-pyrrole nitrogens is 1. The standard InChI is InChI=1S/C5H4F2N2O3S/c6-5(7,3(10)11)13(12)4-8-1-2-9-4/h1-2H,(H,8,9)(H,10,11)/t13-/m0/s1. The Balaban J connectivity index is 2.98. The number of alkyl halides is 2. The highest BCUT2D eigenvalue weighted by molar-refractivity contribution is 7.86. The van der Waals surface area contributed by atoms with Gasteiger partial charge < -0.3 is 10.1 Å². The lowest BCUT2D eigenvalue weighted by Crippen LogP contribution is -2.33. The number of nitrogens with zero attached hydrogens (tertiary/aromatic N) is 1. The third kappa shape index (κ3) is 1.72. The van der Waals surface area contributed by atoms with Gasteiger partial charge in [0.1, 0.15) is 0 Å². The SMILES string of the molecule is O=C(O)C(F)(F)[S@@](=O)c1ncc[nH]1. The molecule has 13 heavy (non-hydrogen) atoms. The molecule has 0 radical (unpaired) electrons. The Morgan fingerprint density at radius 3 is 2.69 bits per heavy atom. The van der Waals surface area contributed by atoms with Gasteiger partial charge in [0, 0.05) is 12.4 Å². The van der Waals surface area contributed by atoms with Crippen LogP contribution in [0, 0.1) is 0 Å². The van der Waals surface area contributed by atoms with Crippen molar-refractivity contribution in [1.29, 1.82) is 0 Å². The number of rotatable bonds is 3. The van der Waals surface area contributed by atoms with Crippen molar-refractivity contribution in [2.24, 2.45) is 0 Å². The highest BCUT2D eigenvalue weighted by atomic mass is 32.2. The maximum absolute atomic E-state index is 12.5. The van der Waals surface area contributed by atoms with E-state index in [2.05, 4.69) is 9.97 Å². The molecule has 0 amide bonds. The summed E-state index contributed by atoms with van der Waals surface area (Å²) in [5, 5.41) is 3.14. The van der Waals surface area contributed by atoms with Crippen LogP contribution in [0.2, 0.25) is 0 Å². The van der Waals surface area contributed by atoms with Crippen LogP contribution in [0.15, 0.2) is 17.6 Å². The Morgan fingerprint density at radius 2 is 2.31 bits per heavy atom. The van der Waals surface area contributed by atoms with Crippen LogP contribution in [0.25, 0.3) is 0 Å². The topological polar surface area (TPSA) is 83.0 Å². The Bertz CT molecular complexity index is 338. The third-order valence-corrected chi connectivity index (χ3v) is 2.35. The summed E-state index contributed by atoms with van der Waals surface area (Å²) in [4.78, 5) is 15.4. The van der Waals surface area contributed by atoms with Crippen LogP contribution in [0.1, 0.15) is 0 Å². The van der Waals surface area contributed by atoms with Crippen LogP contribution in [0.4, 0.5) is 8.78 Å². The molecule has 0 aliphatic heterocycles. The molecule has 0 fully saturated rings. The number of imidazole rings is 1. The van der Waals surface area contributed by atoms with Crippen LogP contribution in [0.3, 0.4) is 0 Å². The van der Waals surface area contributed by atoms with Gasteiger partial charge in [-0.1, -0.05) is 0 Å². The molecule has 0 aromatic carbocycles. The Hall–Kier alpha value is -1.31. The number of aromatic amines is 1. The van der Waals surface area contributed by atoms with Crippen molar-refractivity contribution in [1.82, 2.24) is 9.97 Å². The van der Waals surface area contributed by atoms with E-state index < -0.39 is 27.2 Å². The zero-order valence-corrected chi connectivity index (χ0v) is 6.85. The number of carboxylic acid groups (broad SMARTS) is 1. The lowest BCUT2D eigenvalue weighted by atomic mass is 10.7. The zero-order chi connectivity index (χ0) is 10.1. The number of carbonyl (C=O) groups is 1. The first-order valence-corrected chi connectivity index (χ1v) is 4.13. The number of hydrogen-bond donors (Lipinski definition) is 2. The third-order valence-electron chi connectivity index (χ3n) is 1.13. The van der Waals surface area contributed by atoms with Crippen molar-refractivity contribution in [3.05, 3.63) is 12.4 Å². The molecule has 2 N–H and O–H groups in total. The number of hydrogen-bond acceptors (Lipinski definition) is 3. The molecular weight excluding hydrogens is 206 g/mol. The summed E-state index contributed by atoms with van der Waals surface area (Å²) in [5.41, 5.74) is 0. The predicted octanol–water partition coefficient (Wildman–Crippen LogP) is 0.195. The summed E-state index contributed by atoms with van der Waals surface area (Å²) in [6.07, 6.45) is 2.27. The van der Waals surface area contributed by atoms with Gasteiger partial charge in [-0.05, 0) is 0 Å². The molecule has 0 bridgehead atoms. The highest BCUT2D eigenvalue weighted by Crippen LogP contribution is 2.22. The fourth-order valence-corrected chi connectivity index (χ4v) is 1.29. The Morgan fingerprint density at radius 1 is 1.69 bits per heavy atom. The minimum atomic E-state index is -4.32. The summed E-state index contributed by atoms with van der Waals surface area (Å²) in [7, 11) is -2.99. The summed E-state index contributed by atoms with van der Waals surface area (Å²) < 4.78 is 35.9. The van der Waals surface area contributed by atoms with E-state index in [1.54, 1.807) is 0 Å². The quantitative estimate of drug-likeness (QED) is 0.746. The Kier molecular flexibility index (Phi) is 2.41. The number of nitrogens with one attached hydrogen (secondary N) is 1. The number of carboxylic acids is 1. The van der Waals surface area contributed by atoms with Crippen molar-refractivity contribution in [2.75, 3.05) is 0 Å². The van der Waals surface area contributed by atoms with E-state index in [9.17, 15) is 17.8 Å². The van der Waals surface area contributed by atoms with Crippen LogP contribution < -0.4 is 0 Å². The van der Waals surface area contributed by atoms with Crippen molar-refractivity contribution >= 4 is 16.8 Å². The molecule has 0 saturated heterocycles. The first-order valence-electron chi connectivity index (χ1n) is 2.98. The molecule has 0 unspecified atom stereocenters. The van der Waals surface area contributed by atoms with Crippen molar-refractivity contribution in [2.45, 2.75) is 10.4 Å². The summed E-state index contributed by atoms with van der Waals surface area (Å²) in [5.74, 6) is -2.44. The second kappa shape index (κ2) is 3.21. The second-order valence-corrected chi connectivity index (χ2v) is 3.42. The molecule has 1 heterocycles. The number of aromatic nitrogens is 2. The van der Waals surface area contributed by atoms with E-state index in [1.807, 2.05) is 0 Å². The largest absolute Gasteiger partial charge is 0.476 e. The molecule has 1 aromatic rings. The fourth-order valence-electron chi connectivity index (χ4n) is 0.553. The van der Waals surface area contributed by atoms with Gasteiger partial charge in [0.2, 0.25) is 5.16 Å². The van der Waals surface area contributed by atoms with E-state index >= 15 is 0 Å². The predicted molar refractivity (Wildman–Crippen MR) is 37.6 cm³/mol. The fraction of sp³-hybridized carbons (Fsp3) is 0.200.